The summed E-state index contributed by atoms with van der Waals surface area (Å²) >= 11 is 0. The van der Waals surface area contributed by atoms with Gasteiger partial charge in [0.1, 0.15) is 0 Å². The third kappa shape index (κ3) is 6.25. The van der Waals surface area contributed by atoms with Gasteiger partial charge in [-0.1, -0.05) is 98.8 Å². The molecule has 2 aromatic heterocycles. The van der Waals surface area contributed by atoms with Gasteiger partial charge in [-0.3, -0.25) is 19.6 Å². The first-order chi connectivity index (χ1) is 21.5. The lowest BCUT2D eigenvalue weighted by atomic mass is 9.95. The van der Waals surface area contributed by atoms with Crippen LogP contribution in [0.2, 0.25) is 0 Å². The van der Waals surface area contributed by atoms with Gasteiger partial charge in [-0.05, 0) is 64.6 Å². The SMILES string of the molecule is CC(C)c1ccc(-c2ccccc2C(=O)Nc2ccc3cc(C(=O)NC(c4ccccc4)c4ccccn4)cnc3c2)cc1. The van der Waals surface area contributed by atoms with Crippen LogP contribution in [-0.4, -0.2) is 21.8 Å². The second-order valence-electron chi connectivity index (χ2n) is 11.0. The molecule has 4 aromatic carbocycles. The molecule has 1 unspecified atom stereocenters. The summed E-state index contributed by atoms with van der Waals surface area (Å²) in [6.45, 7) is 4.32. The van der Waals surface area contributed by atoms with E-state index in [1.54, 1.807) is 18.5 Å². The quantitative estimate of drug-likeness (QED) is 0.191. The van der Waals surface area contributed by atoms with Crippen molar-refractivity contribution in [1.29, 1.82) is 0 Å². The van der Waals surface area contributed by atoms with E-state index in [1.807, 2.05) is 91.0 Å². The van der Waals surface area contributed by atoms with Gasteiger partial charge < -0.3 is 10.6 Å². The van der Waals surface area contributed by atoms with Gasteiger partial charge in [-0.2, -0.15) is 0 Å². The van der Waals surface area contributed by atoms with Crippen LogP contribution in [0.3, 0.4) is 0 Å². The highest BCUT2D eigenvalue weighted by Crippen LogP contribution is 2.28. The van der Waals surface area contributed by atoms with Crippen molar-refractivity contribution >= 4 is 28.4 Å². The Hall–Kier alpha value is -5.62. The molecule has 2 N–H and O–H groups in total. The average molecular weight is 577 g/mol. The van der Waals surface area contributed by atoms with Crippen molar-refractivity contribution in [3.63, 3.8) is 0 Å². The minimum absolute atomic E-state index is 0.203. The number of nitrogens with zero attached hydrogens (tertiary/aromatic N) is 2. The smallest absolute Gasteiger partial charge is 0.256 e. The van der Waals surface area contributed by atoms with E-state index in [2.05, 4.69) is 58.7 Å². The molecular formula is C38H32N4O2. The lowest BCUT2D eigenvalue weighted by Crippen LogP contribution is -2.30. The number of anilines is 1. The standard InChI is InChI=1S/C38H32N4O2/c1-25(2)26-15-17-27(18-16-26)32-12-6-7-13-33(32)38(44)41-31-20-19-29-22-30(24-40-35(29)23-31)37(43)42-36(28-10-4-3-5-11-28)34-14-8-9-21-39-34/h3-25,36H,1-2H3,(H,41,44)(H,42,43). The fourth-order valence-corrected chi connectivity index (χ4v) is 5.24. The van der Waals surface area contributed by atoms with Gasteiger partial charge in [0, 0.05) is 29.0 Å². The fourth-order valence-electron chi connectivity index (χ4n) is 5.24. The minimum atomic E-state index is -0.408. The van der Waals surface area contributed by atoms with Crippen molar-refractivity contribution in [3.05, 3.63) is 162 Å². The molecule has 0 spiro atoms. The maximum atomic E-state index is 13.4. The number of carbonyl (C=O) groups is 2. The van der Waals surface area contributed by atoms with Crippen molar-refractivity contribution in [2.24, 2.45) is 0 Å². The zero-order chi connectivity index (χ0) is 30.5. The molecule has 6 heteroatoms. The Balaban J connectivity index is 1.20. The largest absolute Gasteiger partial charge is 0.339 e. The summed E-state index contributed by atoms with van der Waals surface area (Å²) in [7, 11) is 0. The number of hydrogen-bond donors (Lipinski definition) is 2. The predicted octanol–water partition coefficient (Wildman–Crippen LogP) is 8.19. The Morgan fingerprint density at radius 3 is 2.18 bits per heavy atom. The molecule has 0 radical (unpaired) electrons. The van der Waals surface area contributed by atoms with Crippen molar-refractivity contribution in [2.75, 3.05) is 5.32 Å². The van der Waals surface area contributed by atoms with Crippen LogP contribution in [0, 0.1) is 0 Å². The number of carbonyl (C=O) groups excluding carboxylic acids is 2. The lowest BCUT2D eigenvalue weighted by Gasteiger charge is -2.19. The highest BCUT2D eigenvalue weighted by molar-refractivity contribution is 6.09. The van der Waals surface area contributed by atoms with Crippen LogP contribution in [0.15, 0.2) is 134 Å². The van der Waals surface area contributed by atoms with E-state index in [9.17, 15) is 9.59 Å². The topological polar surface area (TPSA) is 84.0 Å². The molecule has 6 nitrogen and oxygen atoms in total. The van der Waals surface area contributed by atoms with E-state index in [0.717, 1.165) is 27.8 Å². The maximum absolute atomic E-state index is 13.4. The summed E-state index contributed by atoms with van der Waals surface area (Å²) in [5, 5.41) is 6.93. The summed E-state index contributed by atoms with van der Waals surface area (Å²) in [4.78, 5) is 35.8. The van der Waals surface area contributed by atoms with Gasteiger partial charge in [-0.15, -0.1) is 0 Å². The molecule has 6 rings (SSSR count). The second kappa shape index (κ2) is 12.7. The maximum Gasteiger partial charge on any atom is 0.256 e. The normalized spacial score (nSPS) is 11.7. The molecule has 2 amide bonds. The highest BCUT2D eigenvalue weighted by atomic mass is 16.2. The van der Waals surface area contributed by atoms with E-state index in [-0.39, 0.29) is 11.8 Å². The zero-order valence-corrected chi connectivity index (χ0v) is 24.6. The van der Waals surface area contributed by atoms with E-state index in [4.69, 9.17) is 0 Å². The molecular weight excluding hydrogens is 544 g/mol. The van der Waals surface area contributed by atoms with Crippen LogP contribution in [0.4, 0.5) is 5.69 Å². The molecule has 0 fully saturated rings. The minimum Gasteiger partial charge on any atom is -0.339 e. The Bertz CT molecular complexity index is 1880. The first kappa shape index (κ1) is 28.5. The average Bonchev–Trinajstić information content (AvgIpc) is 3.07. The van der Waals surface area contributed by atoms with Crippen molar-refractivity contribution in [2.45, 2.75) is 25.8 Å². The van der Waals surface area contributed by atoms with Gasteiger partial charge in [0.2, 0.25) is 0 Å². The first-order valence-electron chi connectivity index (χ1n) is 14.6. The van der Waals surface area contributed by atoms with E-state index < -0.39 is 6.04 Å². The van der Waals surface area contributed by atoms with Crippen molar-refractivity contribution < 1.29 is 9.59 Å². The monoisotopic (exact) mass is 576 g/mol. The summed E-state index contributed by atoms with van der Waals surface area (Å²) in [6.07, 6.45) is 3.27. The van der Waals surface area contributed by atoms with Crippen LogP contribution in [0.1, 0.15) is 63.3 Å². The molecule has 0 saturated carbocycles. The first-order valence-corrected chi connectivity index (χ1v) is 14.6. The number of hydrogen-bond acceptors (Lipinski definition) is 4. The third-order valence-corrected chi connectivity index (χ3v) is 7.66. The summed E-state index contributed by atoms with van der Waals surface area (Å²) in [5.74, 6) is -0.0213. The number of fused-ring (bicyclic) bond motifs is 1. The predicted molar refractivity (Wildman–Crippen MR) is 176 cm³/mol. The Kier molecular flexibility index (Phi) is 8.23. The Morgan fingerprint density at radius 1 is 0.682 bits per heavy atom. The van der Waals surface area contributed by atoms with E-state index in [0.29, 0.717) is 28.2 Å². The van der Waals surface area contributed by atoms with Gasteiger partial charge in [-0.25, -0.2) is 0 Å². The second-order valence-corrected chi connectivity index (χ2v) is 11.0. The molecule has 6 aromatic rings. The van der Waals surface area contributed by atoms with Crippen molar-refractivity contribution in [1.82, 2.24) is 15.3 Å². The molecule has 0 bridgehead atoms. The summed E-state index contributed by atoms with van der Waals surface area (Å²) < 4.78 is 0. The molecule has 216 valence electrons. The zero-order valence-electron chi connectivity index (χ0n) is 24.6. The number of amides is 2. The van der Waals surface area contributed by atoms with Crippen molar-refractivity contribution in [3.8, 4) is 11.1 Å². The van der Waals surface area contributed by atoms with Crippen LogP contribution in [0.5, 0.6) is 0 Å². The lowest BCUT2D eigenvalue weighted by molar-refractivity contribution is 0.0941. The van der Waals surface area contributed by atoms with Crippen LogP contribution >= 0.6 is 0 Å². The van der Waals surface area contributed by atoms with Gasteiger partial charge in [0.15, 0.2) is 0 Å². The fraction of sp³-hybridized carbons (Fsp3) is 0.105. The molecule has 0 aliphatic carbocycles. The van der Waals surface area contributed by atoms with Crippen LogP contribution in [-0.2, 0) is 0 Å². The molecule has 0 saturated heterocycles. The molecule has 1 atom stereocenters. The van der Waals surface area contributed by atoms with Gasteiger partial charge in [0.25, 0.3) is 11.8 Å². The number of nitrogens with one attached hydrogen (secondary N) is 2. The van der Waals surface area contributed by atoms with Crippen LogP contribution in [0.25, 0.3) is 22.0 Å². The molecule has 0 aliphatic rings. The third-order valence-electron chi connectivity index (χ3n) is 7.66. The summed E-state index contributed by atoms with van der Waals surface area (Å²) in [5.41, 5.74) is 7.10. The van der Waals surface area contributed by atoms with Gasteiger partial charge in [0.05, 0.1) is 22.8 Å². The molecule has 2 heterocycles. The Labute approximate surface area is 256 Å². The number of rotatable bonds is 8. The number of benzene rings is 4. The summed E-state index contributed by atoms with van der Waals surface area (Å²) in [6, 6.07) is 38.2. The number of pyridine rings is 2. The number of aromatic nitrogens is 2. The van der Waals surface area contributed by atoms with E-state index >= 15 is 0 Å². The van der Waals surface area contributed by atoms with Crippen LogP contribution < -0.4 is 10.6 Å². The van der Waals surface area contributed by atoms with Gasteiger partial charge >= 0.3 is 0 Å². The highest BCUT2D eigenvalue weighted by Gasteiger charge is 2.20. The molecule has 0 aliphatic heterocycles. The van der Waals surface area contributed by atoms with E-state index in [1.165, 1.54) is 5.56 Å². The Morgan fingerprint density at radius 2 is 1.43 bits per heavy atom. The molecule has 44 heavy (non-hydrogen) atoms.